The zero-order valence-corrected chi connectivity index (χ0v) is 22.4. The van der Waals surface area contributed by atoms with E-state index < -0.39 is 54.1 Å². The summed E-state index contributed by atoms with van der Waals surface area (Å²) >= 11 is 3.45. The maximum absolute atomic E-state index is 12.1. The third-order valence-corrected chi connectivity index (χ3v) is 5.73. The van der Waals surface area contributed by atoms with Crippen molar-refractivity contribution in [1.82, 2.24) is 0 Å². The number of carbonyl (C=O) groups is 4. The summed E-state index contributed by atoms with van der Waals surface area (Å²) in [6, 6.07) is 5.37. The number of rotatable bonds is 8. The Kier molecular flexibility index (Phi) is 9.68. The number of carbonyl (C=O) groups excluding carboxylic acids is 4. The Hall–Kier alpha value is -2.66. The summed E-state index contributed by atoms with van der Waals surface area (Å²) in [4.78, 5) is 47.6. The smallest absolute Gasteiger partial charge is 0.303 e. The van der Waals surface area contributed by atoms with Crippen LogP contribution in [0.2, 0.25) is 0 Å². The third kappa shape index (κ3) is 7.41. The van der Waals surface area contributed by atoms with E-state index in [1.165, 1.54) is 20.8 Å². The first kappa shape index (κ1) is 28.6. The molecule has 10 nitrogen and oxygen atoms in total. The van der Waals surface area contributed by atoms with Crippen molar-refractivity contribution in [3.63, 3.8) is 0 Å². The van der Waals surface area contributed by atoms with E-state index in [1.54, 1.807) is 12.1 Å². The maximum atomic E-state index is 12.1. The van der Waals surface area contributed by atoms with Crippen LogP contribution < -0.4 is 4.74 Å². The molecule has 5 atom stereocenters. The molecule has 1 fully saturated rings. The zero-order chi connectivity index (χ0) is 26.5. The lowest BCUT2D eigenvalue weighted by atomic mass is 9.87. The van der Waals surface area contributed by atoms with E-state index in [9.17, 15) is 19.2 Å². The van der Waals surface area contributed by atoms with E-state index in [1.807, 2.05) is 19.9 Å². The molecule has 0 saturated carbocycles. The molecule has 1 aliphatic heterocycles. The van der Waals surface area contributed by atoms with Gasteiger partial charge in [0.15, 0.2) is 12.2 Å². The molecule has 2 rings (SSSR count). The molecule has 1 aromatic rings. The van der Waals surface area contributed by atoms with Gasteiger partial charge in [-0.2, -0.15) is 0 Å². The largest absolute Gasteiger partial charge is 0.463 e. The summed E-state index contributed by atoms with van der Waals surface area (Å²) in [5, 5.41) is 0. The quantitative estimate of drug-likeness (QED) is 0.346. The minimum atomic E-state index is -1.74. The minimum Gasteiger partial charge on any atom is -0.463 e. The SMILES string of the molecule is CC(=O)OC[C@H]1O[C@H](Oc2ccc(Br)cc2C(C)C)[C@@](C)(OC(C)=O)[C@@H](OC(C)=O)[C@@H]1OC(C)=O. The number of ether oxygens (including phenoxy) is 6. The molecule has 0 amide bonds. The molecule has 0 N–H and O–H groups in total. The van der Waals surface area contributed by atoms with Crippen molar-refractivity contribution in [1.29, 1.82) is 0 Å². The monoisotopic (exact) mass is 558 g/mol. The fourth-order valence-corrected chi connectivity index (χ4v) is 4.18. The minimum absolute atomic E-state index is 0.0565. The Balaban J connectivity index is 2.62. The van der Waals surface area contributed by atoms with Gasteiger partial charge in [0.2, 0.25) is 11.9 Å². The van der Waals surface area contributed by atoms with E-state index in [0.717, 1.165) is 23.9 Å². The number of esters is 4. The van der Waals surface area contributed by atoms with Crippen molar-refractivity contribution in [3.8, 4) is 5.75 Å². The van der Waals surface area contributed by atoms with E-state index in [4.69, 9.17) is 28.4 Å². The Bertz CT molecular complexity index is 962. The number of halogens is 1. The molecule has 11 heteroatoms. The van der Waals surface area contributed by atoms with E-state index in [-0.39, 0.29) is 12.5 Å². The van der Waals surface area contributed by atoms with Gasteiger partial charge < -0.3 is 28.4 Å². The average molecular weight is 559 g/mol. The summed E-state index contributed by atoms with van der Waals surface area (Å²) in [6.45, 7) is 9.79. The second-order valence-electron chi connectivity index (χ2n) is 8.65. The number of benzene rings is 1. The fourth-order valence-electron chi connectivity index (χ4n) is 3.81. The van der Waals surface area contributed by atoms with E-state index in [0.29, 0.717) is 5.75 Å². The molecule has 0 bridgehead atoms. The first-order chi connectivity index (χ1) is 16.2. The van der Waals surface area contributed by atoms with Gasteiger partial charge >= 0.3 is 23.9 Å². The molecule has 35 heavy (non-hydrogen) atoms. The van der Waals surface area contributed by atoms with Crippen molar-refractivity contribution in [2.75, 3.05) is 6.61 Å². The van der Waals surface area contributed by atoms with Crippen LogP contribution in [-0.4, -0.2) is 60.7 Å². The van der Waals surface area contributed by atoms with Gasteiger partial charge in [-0.25, -0.2) is 0 Å². The molecule has 1 heterocycles. The lowest BCUT2D eigenvalue weighted by molar-refractivity contribution is -0.321. The van der Waals surface area contributed by atoms with Crippen LogP contribution in [0.3, 0.4) is 0 Å². The van der Waals surface area contributed by atoms with Gasteiger partial charge in [0.05, 0.1) is 0 Å². The van der Waals surface area contributed by atoms with Crippen LogP contribution in [0.25, 0.3) is 0 Å². The van der Waals surface area contributed by atoms with Crippen LogP contribution in [0.4, 0.5) is 0 Å². The van der Waals surface area contributed by atoms with Crippen molar-refractivity contribution in [2.45, 2.75) is 84.6 Å². The van der Waals surface area contributed by atoms with Crippen molar-refractivity contribution >= 4 is 39.8 Å². The fraction of sp³-hybridized carbons (Fsp3) is 0.583. The van der Waals surface area contributed by atoms with Crippen molar-refractivity contribution < 1.29 is 47.6 Å². The van der Waals surface area contributed by atoms with Gasteiger partial charge in [-0.15, -0.1) is 0 Å². The second-order valence-corrected chi connectivity index (χ2v) is 9.56. The molecule has 1 saturated heterocycles. The summed E-state index contributed by atoms with van der Waals surface area (Å²) in [7, 11) is 0. The van der Waals surface area contributed by atoms with Crippen LogP contribution in [0.5, 0.6) is 5.75 Å². The van der Waals surface area contributed by atoms with Crippen molar-refractivity contribution in [2.24, 2.45) is 0 Å². The van der Waals surface area contributed by atoms with Crippen LogP contribution in [-0.2, 0) is 42.9 Å². The first-order valence-electron chi connectivity index (χ1n) is 11.0. The van der Waals surface area contributed by atoms with Gasteiger partial charge in [-0.3, -0.25) is 19.2 Å². The maximum Gasteiger partial charge on any atom is 0.303 e. The predicted octanol–water partition coefficient (Wildman–Crippen LogP) is 3.42. The molecule has 0 unspecified atom stereocenters. The van der Waals surface area contributed by atoms with Gasteiger partial charge in [0.25, 0.3) is 0 Å². The van der Waals surface area contributed by atoms with Crippen LogP contribution in [0, 0.1) is 0 Å². The summed E-state index contributed by atoms with van der Waals surface area (Å²) in [5.41, 5.74) is -0.915. The molecule has 0 spiro atoms. The zero-order valence-electron chi connectivity index (χ0n) is 20.8. The number of hydrogen-bond donors (Lipinski definition) is 0. The Labute approximate surface area is 212 Å². The van der Waals surface area contributed by atoms with Crippen LogP contribution in [0.15, 0.2) is 22.7 Å². The molecule has 1 aliphatic rings. The topological polar surface area (TPSA) is 124 Å². The molecule has 0 aromatic heterocycles. The highest BCUT2D eigenvalue weighted by Gasteiger charge is 2.61. The highest BCUT2D eigenvalue weighted by Crippen LogP contribution is 2.40. The molecule has 1 aromatic carbocycles. The van der Waals surface area contributed by atoms with Gasteiger partial charge in [0.1, 0.15) is 18.5 Å². The summed E-state index contributed by atoms with van der Waals surface area (Å²) in [6.07, 6.45) is -5.04. The van der Waals surface area contributed by atoms with Crippen molar-refractivity contribution in [3.05, 3.63) is 28.2 Å². The van der Waals surface area contributed by atoms with E-state index >= 15 is 0 Å². The molecule has 0 radical (unpaired) electrons. The molecule has 194 valence electrons. The average Bonchev–Trinajstić information content (AvgIpc) is 2.71. The molecular weight excluding hydrogens is 528 g/mol. The van der Waals surface area contributed by atoms with E-state index in [2.05, 4.69) is 15.9 Å². The predicted molar refractivity (Wildman–Crippen MR) is 125 cm³/mol. The first-order valence-corrected chi connectivity index (χ1v) is 11.8. The van der Waals surface area contributed by atoms with Gasteiger partial charge in [0, 0.05) is 32.2 Å². The lowest BCUT2D eigenvalue weighted by Gasteiger charge is -2.49. The Morgan fingerprint density at radius 1 is 1.00 bits per heavy atom. The summed E-state index contributed by atoms with van der Waals surface area (Å²) < 4.78 is 34.8. The van der Waals surface area contributed by atoms with Gasteiger partial charge in [-0.1, -0.05) is 29.8 Å². The second kappa shape index (κ2) is 11.9. The normalized spacial score (nSPS) is 26.0. The summed E-state index contributed by atoms with van der Waals surface area (Å²) in [5.74, 6) is -2.24. The highest BCUT2D eigenvalue weighted by atomic mass is 79.9. The van der Waals surface area contributed by atoms with Crippen LogP contribution in [0.1, 0.15) is 59.9 Å². The Morgan fingerprint density at radius 2 is 1.63 bits per heavy atom. The standard InChI is InChI=1S/C24H31BrO10/c1-12(2)18-10-17(25)8-9-19(18)33-23-24(7,35-16(6)29)22(32-15(5)28)21(31-14(4)27)20(34-23)11-30-13(3)26/h8-10,12,20-23H,11H2,1-7H3/t20-,21-,22+,23+,24+/m1/s1. The Morgan fingerprint density at radius 3 is 2.14 bits per heavy atom. The van der Waals surface area contributed by atoms with Crippen LogP contribution >= 0.6 is 15.9 Å². The third-order valence-electron chi connectivity index (χ3n) is 5.23. The lowest BCUT2D eigenvalue weighted by Crippen LogP contribution is -2.70. The number of hydrogen-bond acceptors (Lipinski definition) is 10. The molecule has 0 aliphatic carbocycles. The van der Waals surface area contributed by atoms with Gasteiger partial charge in [-0.05, 0) is 36.6 Å². The molecular formula is C24H31BrO10. The highest BCUT2D eigenvalue weighted by molar-refractivity contribution is 9.10.